The van der Waals surface area contributed by atoms with Gasteiger partial charge >= 0.3 is 5.97 Å². The first-order valence-corrected chi connectivity index (χ1v) is 10.8. The molecule has 2 aromatic carbocycles. The molecule has 0 atom stereocenters. The molecule has 0 saturated heterocycles. The molecule has 1 aliphatic rings. The van der Waals surface area contributed by atoms with Gasteiger partial charge < -0.3 is 4.74 Å². The van der Waals surface area contributed by atoms with Crippen LogP contribution in [0.2, 0.25) is 0 Å². The predicted octanol–water partition coefficient (Wildman–Crippen LogP) is 7.93. The average Bonchev–Trinajstić information content (AvgIpc) is 2.68. The average molecular weight is 407 g/mol. The van der Waals surface area contributed by atoms with Crippen LogP contribution in [0, 0.1) is 12.3 Å². The fourth-order valence-electron chi connectivity index (χ4n) is 3.52. The van der Waals surface area contributed by atoms with E-state index in [0.717, 1.165) is 6.42 Å². The Morgan fingerprint density at radius 3 is 1.93 bits per heavy atom. The zero-order valence-corrected chi connectivity index (χ0v) is 19.6. The van der Waals surface area contributed by atoms with Crippen molar-refractivity contribution >= 4 is 5.97 Å². The van der Waals surface area contributed by atoms with E-state index < -0.39 is 0 Å². The van der Waals surface area contributed by atoms with E-state index >= 15 is 0 Å². The lowest BCUT2D eigenvalue weighted by atomic mass is 9.76. The maximum absolute atomic E-state index is 10.2. The van der Waals surface area contributed by atoms with Crippen LogP contribution >= 0.6 is 0 Å². The van der Waals surface area contributed by atoms with Crippen LogP contribution in [0.5, 0.6) is 0 Å². The molecule has 0 radical (unpaired) electrons. The van der Waals surface area contributed by atoms with Crippen molar-refractivity contribution in [3.8, 4) is 11.1 Å². The number of allylic oxidation sites excluding steroid dienone is 3. The van der Waals surface area contributed by atoms with Crippen LogP contribution in [0.1, 0.15) is 59.4 Å². The fourth-order valence-corrected chi connectivity index (χ4v) is 3.52. The Hall–Kier alpha value is -2.61. The lowest BCUT2D eigenvalue weighted by molar-refractivity contribution is -0.142. The monoisotopic (exact) mass is 406 g/mol. The van der Waals surface area contributed by atoms with Gasteiger partial charge in [0, 0.05) is 6.42 Å². The Morgan fingerprint density at radius 2 is 1.50 bits per heavy atom. The number of carbonyl (C=O) groups excluding carboxylic acids is 1. The lowest BCUT2D eigenvalue weighted by Gasteiger charge is -2.29. The van der Waals surface area contributed by atoms with E-state index in [-0.39, 0.29) is 5.97 Å². The van der Waals surface area contributed by atoms with Gasteiger partial charge in [0.2, 0.25) is 0 Å². The predicted molar refractivity (Wildman–Crippen MR) is 129 cm³/mol. The van der Waals surface area contributed by atoms with E-state index in [4.69, 9.17) is 0 Å². The second-order valence-electron chi connectivity index (χ2n) is 8.56. The highest BCUT2D eigenvalue weighted by Gasteiger charge is 2.22. The van der Waals surface area contributed by atoms with Crippen molar-refractivity contribution in [2.75, 3.05) is 6.61 Å². The Morgan fingerprint density at radius 1 is 0.933 bits per heavy atom. The summed E-state index contributed by atoms with van der Waals surface area (Å²) in [5.41, 5.74) is 7.08. The molecule has 3 rings (SSSR count). The van der Waals surface area contributed by atoms with Crippen molar-refractivity contribution in [1.29, 1.82) is 0 Å². The van der Waals surface area contributed by atoms with E-state index in [0.29, 0.717) is 18.4 Å². The van der Waals surface area contributed by atoms with Crippen LogP contribution in [-0.4, -0.2) is 12.6 Å². The maximum Gasteiger partial charge on any atom is 0.305 e. The number of carbonyl (C=O) groups is 1. The molecule has 2 nitrogen and oxygen atoms in total. The van der Waals surface area contributed by atoms with Crippen molar-refractivity contribution < 1.29 is 9.53 Å². The smallest absolute Gasteiger partial charge is 0.305 e. The Bertz CT molecular complexity index is 811. The van der Waals surface area contributed by atoms with Crippen LogP contribution in [0.15, 0.2) is 78.4 Å². The summed E-state index contributed by atoms with van der Waals surface area (Å²) in [5, 5.41) is 0. The number of hydrogen-bond acceptors (Lipinski definition) is 2. The largest absolute Gasteiger partial charge is 0.466 e. The summed E-state index contributed by atoms with van der Waals surface area (Å²) >= 11 is 0. The minimum atomic E-state index is -0.123. The van der Waals surface area contributed by atoms with Gasteiger partial charge in [-0.3, -0.25) is 4.79 Å². The SMILES string of the molecule is C=C1C=C(C)CC(C)(C)C1.CCOC(=O)CC.Cc1ccc(-c2ccccc2)cc1. The Kier molecular flexibility index (Phi) is 10.9. The summed E-state index contributed by atoms with van der Waals surface area (Å²) in [7, 11) is 0. The molecule has 0 saturated carbocycles. The first kappa shape index (κ1) is 25.4. The lowest BCUT2D eigenvalue weighted by Crippen LogP contribution is -2.15. The molecule has 162 valence electrons. The van der Waals surface area contributed by atoms with Gasteiger partial charge in [-0.2, -0.15) is 0 Å². The molecule has 2 heteroatoms. The summed E-state index contributed by atoms with van der Waals surface area (Å²) < 4.78 is 4.55. The van der Waals surface area contributed by atoms with Crippen LogP contribution in [0.3, 0.4) is 0 Å². The summed E-state index contributed by atoms with van der Waals surface area (Å²) in [4.78, 5) is 10.2. The molecular formula is C28H38O2. The summed E-state index contributed by atoms with van der Waals surface area (Å²) in [6, 6.07) is 19.0. The summed E-state index contributed by atoms with van der Waals surface area (Å²) in [5.74, 6) is -0.123. The van der Waals surface area contributed by atoms with Crippen LogP contribution in [-0.2, 0) is 9.53 Å². The molecule has 0 aliphatic heterocycles. The first-order valence-electron chi connectivity index (χ1n) is 10.8. The number of rotatable bonds is 3. The van der Waals surface area contributed by atoms with Gasteiger partial charge in [0.05, 0.1) is 6.61 Å². The third-order valence-electron chi connectivity index (χ3n) is 4.67. The molecule has 0 unspecified atom stereocenters. The molecule has 0 fully saturated rings. The molecule has 30 heavy (non-hydrogen) atoms. The van der Waals surface area contributed by atoms with Crippen molar-refractivity contribution in [2.45, 2.75) is 60.8 Å². The Labute approximate surface area is 183 Å². The normalized spacial score (nSPS) is 14.3. The van der Waals surface area contributed by atoms with Crippen molar-refractivity contribution in [2.24, 2.45) is 5.41 Å². The minimum Gasteiger partial charge on any atom is -0.466 e. The second-order valence-corrected chi connectivity index (χ2v) is 8.56. The highest BCUT2D eigenvalue weighted by molar-refractivity contribution is 5.68. The summed E-state index contributed by atoms with van der Waals surface area (Å²) in [6.07, 6.45) is 5.08. The van der Waals surface area contributed by atoms with E-state index in [1.54, 1.807) is 13.8 Å². The topological polar surface area (TPSA) is 26.3 Å². The highest BCUT2D eigenvalue weighted by Crippen LogP contribution is 2.36. The second kappa shape index (κ2) is 12.8. The van der Waals surface area contributed by atoms with Gasteiger partial charge in [0.25, 0.3) is 0 Å². The highest BCUT2D eigenvalue weighted by atomic mass is 16.5. The van der Waals surface area contributed by atoms with Gasteiger partial charge in [-0.15, -0.1) is 0 Å². The number of ether oxygens (including phenoxy) is 1. The zero-order chi connectivity index (χ0) is 22.6. The number of hydrogen-bond donors (Lipinski definition) is 0. The Balaban J connectivity index is 0.000000238. The van der Waals surface area contributed by atoms with Gasteiger partial charge in [-0.1, -0.05) is 105 Å². The van der Waals surface area contributed by atoms with Crippen molar-refractivity contribution in [3.05, 3.63) is 84.0 Å². The minimum absolute atomic E-state index is 0.123. The number of aryl methyl sites for hydroxylation is 1. The molecule has 0 N–H and O–H groups in total. The standard InChI is InChI=1S/C13H12.C10H16.C5H10O2/c1-11-7-9-13(10-8-11)12-5-3-2-4-6-12;1-8-5-9(2)7-10(3,4)6-8;1-3-5(6)7-4-2/h2-10H,1H3;5H,1,6-7H2,2-4H3;3-4H2,1-2H3. The zero-order valence-electron chi connectivity index (χ0n) is 19.6. The molecule has 0 heterocycles. The number of benzene rings is 2. The van der Waals surface area contributed by atoms with Crippen molar-refractivity contribution in [1.82, 2.24) is 0 Å². The summed E-state index contributed by atoms with van der Waals surface area (Å²) in [6.45, 7) is 16.9. The molecule has 0 bridgehead atoms. The van der Waals surface area contributed by atoms with Crippen LogP contribution < -0.4 is 0 Å². The molecular weight excluding hydrogens is 368 g/mol. The van der Waals surface area contributed by atoms with Gasteiger partial charge in [-0.05, 0) is 50.2 Å². The van der Waals surface area contributed by atoms with E-state index in [1.165, 1.54) is 34.3 Å². The van der Waals surface area contributed by atoms with E-state index in [9.17, 15) is 4.79 Å². The van der Waals surface area contributed by atoms with Gasteiger partial charge in [-0.25, -0.2) is 0 Å². The molecule has 0 spiro atoms. The van der Waals surface area contributed by atoms with Crippen LogP contribution in [0.25, 0.3) is 11.1 Å². The van der Waals surface area contributed by atoms with Gasteiger partial charge in [0.1, 0.15) is 0 Å². The van der Waals surface area contributed by atoms with Gasteiger partial charge in [0.15, 0.2) is 0 Å². The first-order chi connectivity index (χ1) is 14.2. The van der Waals surface area contributed by atoms with E-state index in [2.05, 4.69) is 93.6 Å². The third-order valence-corrected chi connectivity index (χ3v) is 4.67. The molecule has 2 aromatic rings. The maximum atomic E-state index is 10.2. The third kappa shape index (κ3) is 10.2. The van der Waals surface area contributed by atoms with Crippen LogP contribution in [0.4, 0.5) is 0 Å². The quantitative estimate of drug-likeness (QED) is 0.484. The van der Waals surface area contributed by atoms with Crippen molar-refractivity contribution in [3.63, 3.8) is 0 Å². The van der Waals surface area contributed by atoms with E-state index in [1.807, 2.05) is 6.07 Å². The molecule has 0 aromatic heterocycles. The molecule has 0 amide bonds. The molecule has 1 aliphatic carbocycles. The fraction of sp³-hybridized carbons (Fsp3) is 0.393. The number of esters is 1.